The minimum atomic E-state index is -0.656. The van der Waals surface area contributed by atoms with Gasteiger partial charge in [0.1, 0.15) is 0 Å². The number of carbonyl (C=O) groups is 1. The fourth-order valence-corrected chi connectivity index (χ4v) is 2.27. The molecule has 1 aliphatic heterocycles. The Balaban J connectivity index is 1.99. The lowest BCUT2D eigenvalue weighted by atomic mass is 9.71. The summed E-state index contributed by atoms with van der Waals surface area (Å²) in [5.74, 6) is -0.00491. The van der Waals surface area contributed by atoms with Gasteiger partial charge in [0.15, 0.2) is 0 Å². The largest absolute Gasteiger partial charge is 0.481 e. The molecule has 0 spiro atoms. The second kappa shape index (κ2) is 3.29. The van der Waals surface area contributed by atoms with Crippen LogP contribution in [0.3, 0.4) is 0 Å². The van der Waals surface area contributed by atoms with Gasteiger partial charge >= 0.3 is 5.97 Å². The Morgan fingerprint density at radius 3 is 2.69 bits per heavy atom. The monoisotopic (exact) mass is 184 g/mol. The average molecular weight is 184 g/mol. The van der Waals surface area contributed by atoms with E-state index in [1.165, 1.54) is 19.3 Å². The molecule has 3 nitrogen and oxygen atoms in total. The van der Waals surface area contributed by atoms with Gasteiger partial charge in [-0.05, 0) is 18.8 Å². The lowest BCUT2D eigenvalue weighted by Crippen LogP contribution is -2.35. The maximum Gasteiger partial charge on any atom is 0.312 e. The predicted molar refractivity (Wildman–Crippen MR) is 47.5 cm³/mol. The SMILES string of the molecule is O=C(O)C1(CC2CCC2)CCOC1. The molecule has 2 rings (SSSR count). The highest BCUT2D eigenvalue weighted by atomic mass is 16.5. The number of hydrogen-bond donors (Lipinski definition) is 1. The number of hydrogen-bond acceptors (Lipinski definition) is 2. The summed E-state index contributed by atoms with van der Waals surface area (Å²) in [4.78, 5) is 11.1. The minimum absolute atomic E-state index is 0.429. The van der Waals surface area contributed by atoms with Crippen molar-refractivity contribution in [2.24, 2.45) is 11.3 Å². The molecule has 2 fully saturated rings. The standard InChI is InChI=1S/C10H16O3/c11-9(12)10(4-5-13-7-10)6-8-2-1-3-8/h8H,1-7H2,(H,11,12). The molecule has 0 radical (unpaired) electrons. The third-order valence-electron chi connectivity index (χ3n) is 3.46. The van der Waals surface area contributed by atoms with E-state index in [1.54, 1.807) is 0 Å². The van der Waals surface area contributed by atoms with Crippen molar-refractivity contribution in [3.8, 4) is 0 Å². The first-order chi connectivity index (χ1) is 6.23. The lowest BCUT2D eigenvalue weighted by molar-refractivity contribution is -0.150. The molecule has 3 heteroatoms. The summed E-state index contributed by atoms with van der Waals surface area (Å²) in [6, 6.07) is 0. The summed E-state index contributed by atoms with van der Waals surface area (Å²) in [6.45, 7) is 1.05. The summed E-state index contributed by atoms with van der Waals surface area (Å²) >= 11 is 0. The molecule has 1 saturated heterocycles. The van der Waals surface area contributed by atoms with Gasteiger partial charge in [-0.15, -0.1) is 0 Å². The maximum absolute atomic E-state index is 11.1. The fourth-order valence-electron chi connectivity index (χ4n) is 2.27. The number of aliphatic carboxylic acids is 1. The zero-order chi connectivity index (χ0) is 9.31. The molecule has 0 bridgehead atoms. The van der Waals surface area contributed by atoms with E-state index in [2.05, 4.69) is 0 Å². The van der Waals surface area contributed by atoms with Crippen LogP contribution in [0.4, 0.5) is 0 Å². The fraction of sp³-hybridized carbons (Fsp3) is 0.900. The summed E-state index contributed by atoms with van der Waals surface area (Å²) in [5, 5.41) is 9.15. The third kappa shape index (κ3) is 1.57. The Kier molecular flexibility index (Phi) is 2.28. The quantitative estimate of drug-likeness (QED) is 0.725. The molecular weight excluding hydrogens is 168 g/mol. The van der Waals surface area contributed by atoms with Gasteiger partial charge in [0.25, 0.3) is 0 Å². The normalized spacial score (nSPS) is 34.5. The molecule has 1 saturated carbocycles. The van der Waals surface area contributed by atoms with Gasteiger partial charge in [-0.1, -0.05) is 19.3 Å². The Labute approximate surface area is 78.1 Å². The Hall–Kier alpha value is -0.570. The van der Waals surface area contributed by atoms with Crippen LogP contribution in [0.1, 0.15) is 32.1 Å². The molecule has 0 aromatic rings. The second-order valence-electron chi connectivity index (χ2n) is 4.39. The molecule has 1 atom stereocenters. The van der Waals surface area contributed by atoms with Crippen molar-refractivity contribution in [3.05, 3.63) is 0 Å². The zero-order valence-electron chi connectivity index (χ0n) is 7.79. The van der Waals surface area contributed by atoms with Gasteiger partial charge in [-0.2, -0.15) is 0 Å². The van der Waals surface area contributed by atoms with Crippen molar-refractivity contribution in [3.63, 3.8) is 0 Å². The maximum atomic E-state index is 11.1. The highest BCUT2D eigenvalue weighted by molar-refractivity contribution is 5.75. The van der Waals surface area contributed by atoms with Gasteiger partial charge in [0.05, 0.1) is 12.0 Å². The summed E-state index contributed by atoms with van der Waals surface area (Å²) in [6.07, 6.45) is 5.26. The molecule has 0 aromatic carbocycles. The number of ether oxygens (including phenoxy) is 1. The Morgan fingerprint density at radius 2 is 2.31 bits per heavy atom. The van der Waals surface area contributed by atoms with Crippen molar-refractivity contribution in [1.82, 2.24) is 0 Å². The van der Waals surface area contributed by atoms with Crippen LogP contribution >= 0.6 is 0 Å². The van der Waals surface area contributed by atoms with Crippen LogP contribution in [0.25, 0.3) is 0 Å². The number of rotatable bonds is 3. The Bertz CT molecular complexity index is 202. The van der Waals surface area contributed by atoms with Gasteiger partial charge in [0, 0.05) is 6.61 Å². The molecule has 0 amide bonds. The van der Waals surface area contributed by atoms with E-state index in [0.29, 0.717) is 25.6 Å². The molecule has 2 aliphatic rings. The lowest BCUT2D eigenvalue weighted by Gasteiger charge is -2.32. The summed E-state index contributed by atoms with van der Waals surface area (Å²) in [5.41, 5.74) is -0.537. The van der Waals surface area contributed by atoms with E-state index in [-0.39, 0.29) is 0 Å². The highest BCUT2D eigenvalue weighted by Crippen LogP contribution is 2.42. The summed E-state index contributed by atoms with van der Waals surface area (Å²) in [7, 11) is 0. The third-order valence-corrected chi connectivity index (χ3v) is 3.46. The molecule has 74 valence electrons. The van der Waals surface area contributed by atoms with Gasteiger partial charge in [0.2, 0.25) is 0 Å². The molecule has 1 heterocycles. The van der Waals surface area contributed by atoms with Crippen LogP contribution in [0.15, 0.2) is 0 Å². The van der Waals surface area contributed by atoms with Crippen molar-refractivity contribution in [2.45, 2.75) is 32.1 Å². The van der Waals surface area contributed by atoms with E-state index in [0.717, 1.165) is 6.42 Å². The van der Waals surface area contributed by atoms with Crippen molar-refractivity contribution in [1.29, 1.82) is 0 Å². The van der Waals surface area contributed by atoms with Crippen molar-refractivity contribution < 1.29 is 14.6 Å². The van der Waals surface area contributed by atoms with Crippen LogP contribution < -0.4 is 0 Å². The molecule has 0 aromatic heterocycles. The first-order valence-corrected chi connectivity index (χ1v) is 5.04. The van der Waals surface area contributed by atoms with Crippen LogP contribution in [-0.4, -0.2) is 24.3 Å². The van der Waals surface area contributed by atoms with E-state index >= 15 is 0 Å². The molecule has 1 unspecified atom stereocenters. The molecule has 1 N–H and O–H groups in total. The highest BCUT2D eigenvalue weighted by Gasteiger charge is 2.44. The van der Waals surface area contributed by atoms with E-state index in [9.17, 15) is 4.79 Å². The predicted octanol–water partition coefficient (Wildman–Crippen LogP) is 1.67. The van der Waals surface area contributed by atoms with Crippen molar-refractivity contribution >= 4 is 5.97 Å². The van der Waals surface area contributed by atoms with Crippen LogP contribution in [0, 0.1) is 11.3 Å². The van der Waals surface area contributed by atoms with Gasteiger partial charge in [-0.3, -0.25) is 4.79 Å². The average Bonchev–Trinajstić information content (AvgIpc) is 2.46. The van der Waals surface area contributed by atoms with Gasteiger partial charge < -0.3 is 9.84 Å². The van der Waals surface area contributed by atoms with Crippen molar-refractivity contribution in [2.75, 3.05) is 13.2 Å². The van der Waals surface area contributed by atoms with E-state index < -0.39 is 11.4 Å². The molecular formula is C10H16O3. The first kappa shape index (κ1) is 9.00. The van der Waals surface area contributed by atoms with Crippen LogP contribution in [0.5, 0.6) is 0 Å². The second-order valence-corrected chi connectivity index (χ2v) is 4.39. The van der Waals surface area contributed by atoms with Gasteiger partial charge in [-0.25, -0.2) is 0 Å². The van der Waals surface area contributed by atoms with E-state index in [4.69, 9.17) is 9.84 Å². The zero-order valence-corrected chi connectivity index (χ0v) is 7.79. The van der Waals surface area contributed by atoms with Crippen LogP contribution in [-0.2, 0) is 9.53 Å². The first-order valence-electron chi connectivity index (χ1n) is 5.04. The topological polar surface area (TPSA) is 46.5 Å². The number of carboxylic acids is 1. The molecule has 13 heavy (non-hydrogen) atoms. The Morgan fingerprint density at radius 1 is 1.54 bits per heavy atom. The number of carboxylic acid groups (broad SMARTS) is 1. The smallest absolute Gasteiger partial charge is 0.312 e. The van der Waals surface area contributed by atoms with E-state index in [1.807, 2.05) is 0 Å². The van der Waals surface area contributed by atoms with Crippen LogP contribution in [0.2, 0.25) is 0 Å². The summed E-state index contributed by atoms with van der Waals surface area (Å²) < 4.78 is 5.21. The minimum Gasteiger partial charge on any atom is -0.481 e. The molecule has 1 aliphatic carbocycles.